The lowest BCUT2D eigenvalue weighted by Gasteiger charge is -2.09. The van der Waals surface area contributed by atoms with Gasteiger partial charge in [-0.15, -0.1) is 0 Å². The Labute approximate surface area is 472 Å². The van der Waals surface area contributed by atoms with E-state index in [9.17, 15) is 24.0 Å². The number of rotatable bonds is 34. The highest BCUT2D eigenvalue weighted by Gasteiger charge is 2.11. The van der Waals surface area contributed by atoms with Crippen molar-refractivity contribution in [1.29, 1.82) is 0 Å². The van der Waals surface area contributed by atoms with E-state index in [0.717, 1.165) is 96.9 Å². The molecule has 0 aliphatic carbocycles. The van der Waals surface area contributed by atoms with Crippen LogP contribution < -0.4 is 14.2 Å². The van der Waals surface area contributed by atoms with Crippen LogP contribution in [-0.2, 0) is 47.6 Å². The van der Waals surface area contributed by atoms with Crippen molar-refractivity contribution in [3.63, 3.8) is 0 Å². The summed E-state index contributed by atoms with van der Waals surface area (Å²) in [6, 6.07) is 19.6. The summed E-state index contributed by atoms with van der Waals surface area (Å²) in [7, 11) is 0. The van der Waals surface area contributed by atoms with Crippen LogP contribution in [0.5, 0.6) is 17.2 Å². The highest BCUT2D eigenvalue weighted by atomic mass is 79.9. The average molecular weight is 1150 g/mol. The summed E-state index contributed by atoms with van der Waals surface area (Å²) in [6.45, 7) is 33.8. The van der Waals surface area contributed by atoms with Crippen molar-refractivity contribution in [2.75, 3.05) is 58.7 Å². The lowest BCUT2D eigenvalue weighted by atomic mass is 10.2. The van der Waals surface area contributed by atoms with Gasteiger partial charge < -0.3 is 42.6 Å². The van der Waals surface area contributed by atoms with E-state index in [1.807, 2.05) is 64.7 Å². The summed E-state index contributed by atoms with van der Waals surface area (Å²) in [6.07, 6.45) is 19.5. The molecule has 0 saturated carbocycles. The highest BCUT2D eigenvalue weighted by Crippen LogP contribution is 2.25. The van der Waals surface area contributed by atoms with Crippen LogP contribution >= 0.6 is 15.9 Å². The first-order valence-corrected chi connectivity index (χ1v) is 27.1. The first-order valence-electron chi connectivity index (χ1n) is 25.5. The van der Waals surface area contributed by atoms with Gasteiger partial charge in [-0.1, -0.05) is 81.4 Å². The van der Waals surface area contributed by atoms with Crippen molar-refractivity contribution in [2.45, 2.75) is 86.0 Å². The van der Waals surface area contributed by atoms with Gasteiger partial charge in [-0.05, 0) is 168 Å². The minimum atomic E-state index is -0.477. The molecule has 3 aromatic rings. The number of benzene rings is 3. The Bertz CT molecular complexity index is 2270. The number of hydrogen-bond donors (Lipinski definition) is 0. The van der Waals surface area contributed by atoms with Crippen molar-refractivity contribution < 1.29 is 66.6 Å². The normalized spacial score (nSPS) is 10.2. The smallest absolute Gasteiger partial charge is 0.343 e. The van der Waals surface area contributed by atoms with E-state index in [1.54, 1.807) is 73.0 Å². The second kappa shape index (κ2) is 50.1. The summed E-state index contributed by atoms with van der Waals surface area (Å²) < 4.78 is 47.1. The van der Waals surface area contributed by atoms with Gasteiger partial charge in [0.15, 0.2) is 0 Å². The van der Waals surface area contributed by atoms with Crippen LogP contribution in [0.15, 0.2) is 171 Å². The van der Waals surface area contributed by atoms with Crippen molar-refractivity contribution >= 4 is 57.7 Å². The molecule has 426 valence electrons. The molecular weight excluding hydrogens is 1060 g/mol. The number of unbranched alkanes of at least 4 members (excludes halogenated alkanes) is 4. The van der Waals surface area contributed by atoms with E-state index >= 15 is 0 Å². The maximum atomic E-state index is 12.6. The number of esters is 5. The molecule has 78 heavy (non-hydrogen) atoms. The topological polar surface area (TPSA) is 181 Å². The zero-order valence-corrected chi connectivity index (χ0v) is 48.2. The quantitative estimate of drug-likeness (QED) is 0.00634. The number of hydrogen-bond acceptors (Lipinski definition) is 15. The van der Waals surface area contributed by atoms with Crippen LogP contribution in [0.3, 0.4) is 0 Å². The van der Waals surface area contributed by atoms with E-state index in [2.05, 4.69) is 60.4 Å². The third kappa shape index (κ3) is 39.7. The second-order valence-electron chi connectivity index (χ2n) is 15.4. The molecule has 0 amide bonds. The van der Waals surface area contributed by atoms with Crippen LogP contribution in [0.4, 0.5) is 5.69 Å². The lowest BCUT2D eigenvalue weighted by Crippen LogP contribution is -2.08. The van der Waals surface area contributed by atoms with Crippen LogP contribution in [0.25, 0.3) is 0 Å². The molecular formula is C62H82BrNO14. The third-order valence-electron chi connectivity index (χ3n) is 9.40. The Kier molecular flexibility index (Phi) is 46.5. The molecule has 0 bridgehead atoms. The number of nitrogens with zero attached hydrogens (tertiary/aromatic N) is 1. The largest absolute Gasteiger partial charge is 0.498 e. The maximum Gasteiger partial charge on any atom is 0.343 e. The number of ether oxygens (including phenoxy) is 9. The standard InChI is InChI=1S/C35H37NO8.2C12H18O3.C2H6.CH3Br/c1-4-33(37)42-22-8-6-20-40-29-14-10-27(11-15-29)25-36-32-19-18-31(24-26(32)3)44-35(39)28-12-16-30(17-13-28)41-21-7-9-23-43-34(38)5-2;2*1-4-8-11(3)14-9-6-7-10-15-12(13)5-2;2*1-2/h4-5,10-19,24-25H,1-2,6-9,20-23H2,3H3;2*4-5,8H,1-2,6-7,9-10H2,3H3;1-2H3;1H3/b;2*11-8+;;. The molecule has 0 N–H and O–H groups in total. The predicted molar refractivity (Wildman–Crippen MR) is 315 cm³/mol. The second-order valence-corrected chi connectivity index (χ2v) is 15.4. The van der Waals surface area contributed by atoms with Gasteiger partial charge in [-0.3, -0.25) is 4.99 Å². The molecule has 3 aromatic carbocycles. The number of aryl methyl sites for hydroxylation is 1. The molecule has 0 aliphatic heterocycles. The molecule has 0 aromatic heterocycles. The van der Waals surface area contributed by atoms with Gasteiger partial charge in [0.05, 0.1) is 75.6 Å². The summed E-state index contributed by atoms with van der Waals surface area (Å²) in [5.74, 6) is 3.21. The first-order chi connectivity index (χ1) is 37.8. The Hall–Kier alpha value is -7.72. The Balaban J connectivity index is 0. The monoisotopic (exact) mass is 1140 g/mol. The third-order valence-corrected chi connectivity index (χ3v) is 9.40. The Morgan fingerprint density at radius 3 is 1.15 bits per heavy atom. The van der Waals surface area contributed by atoms with Gasteiger partial charge in [0.2, 0.25) is 0 Å². The van der Waals surface area contributed by atoms with E-state index in [-0.39, 0.29) is 11.9 Å². The Morgan fingerprint density at radius 1 is 0.474 bits per heavy atom. The number of aliphatic imine (C=N–C) groups is 1. The molecule has 0 aliphatic rings. The van der Waals surface area contributed by atoms with Crippen LogP contribution in [-0.4, -0.2) is 94.7 Å². The van der Waals surface area contributed by atoms with Crippen molar-refractivity contribution in [2.24, 2.45) is 4.99 Å². The van der Waals surface area contributed by atoms with Gasteiger partial charge in [0.25, 0.3) is 0 Å². The fourth-order valence-corrected chi connectivity index (χ4v) is 5.50. The van der Waals surface area contributed by atoms with Crippen molar-refractivity contribution in [1.82, 2.24) is 0 Å². The molecule has 0 heterocycles. The minimum absolute atomic E-state index is 0.317. The molecule has 0 fully saturated rings. The molecule has 16 heteroatoms. The average Bonchev–Trinajstić information content (AvgIpc) is 3.46. The minimum Gasteiger partial charge on any atom is -0.498 e. The highest BCUT2D eigenvalue weighted by molar-refractivity contribution is 9.08. The van der Waals surface area contributed by atoms with Crippen molar-refractivity contribution in [3.8, 4) is 17.2 Å². The van der Waals surface area contributed by atoms with E-state index < -0.39 is 17.9 Å². The van der Waals surface area contributed by atoms with Gasteiger partial charge in [-0.25, -0.2) is 24.0 Å². The summed E-state index contributed by atoms with van der Waals surface area (Å²) >= 11 is 2.94. The molecule has 0 atom stereocenters. The number of carbonyl (C=O) groups is 5. The summed E-state index contributed by atoms with van der Waals surface area (Å²) in [4.78, 5) is 60.5. The Morgan fingerprint density at radius 2 is 0.808 bits per heavy atom. The molecule has 15 nitrogen and oxygen atoms in total. The fourth-order valence-electron chi connectivity index (χ4n) is 5.50. The van der Waals surface area contributed by atoms with Crippen LogP contribution in [0.1, 0.15) is 101 Å². The number of carbonyl (C=O) groups excluding carboxylic acids is 5. The molecule has 0 radical (unpaired) electrons. The molecule has 3 rings (SSSR count). The predicted octanol–water partition coefficient (Wildman–Crippen LogP) is 14.0. The van der Waals surface area contributed by atoms with Gasteiger partial charge in [-0.2, -0.15) is 0 Å². The fraction of sp³-hybridized carbons (Fsp3) is 0.355. The van der Waals surface area contributed by atoms with E-state index in [4.69, 9.17) is 42.6 Å². The number of alkyl halides is 1. The van der Waals surface area contributed by atoms with E-state index in [1.165, 1.54) is 0 Å². The van der Waals surface area contributed by atoms with Gasteiger partial charge in [0, 0.05) is 30.5 Å². The number of allylic oxidation sites excluding steroid dienone is 6. The molecule has 0 unspecified atom stereocenters. The summed E-state index contributed by atoms with van der Waals surface area (Å²) in [5, 5.41) is 0. The SMILES string of the molecule is C=C/C=C(\C)OCCCCOC(=O)C=C.C=C/C=C(\C)OCCCCOC(=O)C=C.C=CC(=O)OCCCCOc1ccc(C=Nc2ccc(OC(=O)c3ccc(OCCCCOC(=O)C=C)cc3)cc2C)cc1.CBr.CC. The zero-order chi connectivity index (χ0) is 58.6. The van der Waals surface area contributed by atoms with Gasteiger partial charge in [0.1, 0.15) is 17.2 Å². The molecule has 0 saturated heterocycles. The van der Waals surface area contributed by atoms with E-state index in [0.29, 0.717) is 82.8 Å². The maximum absolute atomic E-state index is 12.6. The van der Waals surface area contributed by atoms with Crippen LogP contribution in [0, 0.1) is 6.92 Å². The molecule has 0 spiro atoms. The zero-order valence-electron chi connectivity index (χ0n) is 46.6. The lowest BCUT2D eigenvalue weighted by molar-refractivity contribution is -0.138. The van der Waals surface area contributed by atoms with Crippen molar-refractivity contribution in [3.05, 3.63) is 183 Å². The van der Waals surface area contributed by atoms with Crippen LogP contribution in [0.2, 0.25) is 0 Å². The first kappa shape index (κ1) is 72.4. The number of halogens is 1. The van der Waals surface area contributed by atoms with Gasteiger partial charge >= 0.3 is 29.8 Å². The summed E-state index contributed by atoms with van der Waals surface area (Å²) in [5.41, 5.74) is 2.91.